The lowest BCUT2D eigenvalue weighted by Crippen LogP contribution is -2.38. The standard InChI is InChI=1S/C19H13F4N3O3/c20-13-7-3-1-5-11(13)9-15-17(28)26(18(29)25-15)10-16(27)24-14-8-4-2-6-12(14)19(21,22)23/h1-9H,10H2,(H,24,27)(H,25,29)/b15-9-. The average Bonchev–Trinajstić information content (AvgIpc) is 2.90. The number of urea groups is 1. The maximum atomic E-state index is 13.7. The highest BCUT2D eigenvalue weighted by Gasteiger charge is 2.36. The number of amides is 4. The van der Waals surface area contributed by atoms with E-state index in [1.165, 1.54) is 24.3 Å². The van der Waals surface area contributed by atoms with Crippen molar-refractivity contribution in [2.75, 3.05) is 11.9 Å². The van der Waals surface area contributed by atoms with E-state index in [1.807, 2.05) is 5.32 Å². The molecule has 0 saturated carbocycles. The third-order valence-corrected chi connectivity index (χ3v) is 3.98. The van der Waals surface area contributed by atoms with Gasteiger partial charge in [-0.2, -0.15) is 13.2 Å². The Morgan fingerprint density at radius 1 is 1.07 bits per heavy atom. The third-order valence-electron chi connectivity index (χ3n) is 3.98. The van der Waals surface area contributed by atoms with Gasteiger partial charge in [0, 0.05) is 5.56 Å². The van der Waals surface area contributed by atoms with Crippen molar-refractivity contribution >= 4 is 29.6 Å². The molecule has 1 saturated heterocycles. The number of alkyl halides is 3. The summed E-state index contributed by atoms with van der Waals surface area (Å²) in [5.74, 6) is -2.53. The molecule has 1 heterocycles. The average molecular weight is 407 g/mol. The fourth-order valence-electron chi connectivity index (χ4n) is 2.64. The van der Waals surface area contributed by atoms with Crippen LogP contribution in [0.25, 0.3) is 6.08 Å². The van der Waals surface area contributed by atoms with Crippen molar-refractivity contribution in [3.8, 4) is 0 Å². The van der Waals surface area contributed by atoms with Crippen molar-refractivity contribution in [2.45, 2.75) is 6.18 Å². The van der Waals surface area contributed by atoms with Crippen LogP contribution in [0.3, 0.4) is 0 Å². The van der Waals surface area contributed by atoms with Gasteiger partial charge in [0.05, 0.1) is 11.3 Å². The lowest BCUT2D eigenvalue weighted by atomic mass is 10.1. The Morgan fingerprint density at radius 2 is 1.72 bits per heavy atom. The van der Waals surface area contributed by atoms with E-state index in [0.29, 0.717) is 4.90 Å². The van der Waals surface area contributed by atoms with Crippen LogP contribution in [0, 0.1) is 5.82 Å². The number of para-hydroxylation sites is 1. The normalized spacial score (nSPS) is 15.6. The first-order valence-electron chi connectivity index (χ1n) is 8.22. The zero-order chi connectivity index (χ0) is 21.2. The molecule has 0 bridgehead atoms. The predicted octanol–water partition coefficient (Wildman–Crippen LogP) is 3.38. The van der Waals surface area contributed by atoms with Gasteiger partial charge in [-0.05, 0) is 24.3 Å². The highest BCUT2D eigenvalue weighted by atomic mass is 19.4. The topological polar surface area (TPSA) is 78.5 Å². The zero-order valence-corrected chi connectivity index (χ0v) is 14.6. The molecular formula is C19H13F4N3O3. The Kier molecular flexibility index (Phi) is 5.35. The Bertz CT molecular complexity index is 1020. The Hall–Kier alpha value is -3.69. The highest BCUT2D eigenvalue weighted by Crippen LogP contribution is 2.34. The summed E-state index contributed by atoms with van der Waals surface area (Å²) in [6.07, 6.45) is -3.59. The molecule has 0 unspecified atom stereocenters. The minimum Gasteiger partial charge on any atom is -0.324 e. The molecule has 0 radical (unpaired) electrons. The van der Waals surface area contributed by atoms with E-state index in [9.17, 15) is 31.9 Å². The summed E-state index contributed by atoms with van der Waals surface area (Å²) in [6.45, 7) is -0.814. The minimum absolute atomic E-state index is 0.0431. The quantitative estimate of drug-likeness (QED) is 0.464. The van der Waals surface area contributed by atoms with Crippen LogP contribution >= 0.6 is 0 Å². The number of halogens is 4. The van der Waals surface area contributed by atoms with E-state index < -0.39 is 47.6 Å². The molecule has 2 aromatic carbocycles. The van der Waals surface area contributed by atoms with Crippen LogP contribution in [0.15, 0.2) is 54.2 Å². The molecule has 0 atom stereocenters. The lowest BCUT2D eigenvalue weighted by molar-refractivity contribution is -0.137. The molecule has 3 rings (SSSR count). The first-order chi connectivity index (χ1) is 13.7. The van der Waals surface area contributed by atoms with Gasteiger partial charge in [-0.3, -0.25) is 9.59 Å². The monoisotopic (exact) mass is 407 g/mol. The van der Waals surface area contributed by atoms with Gasteiger partial charge in [0.25, 0.3) is 5.91 Å². The predicted molar refractivity (Wildman–Crippen MR) is 94.7 cm³/mol. The number of rotatable bonds is 4. The van der Waals surface area contributed by atoms with Gasteiger partial charge in [0.15, 0.2) is 0 Å². The van der Waals surface area contributed by atoms with Gasteiger partial charge >= 0.3 is 12.2 Å². The van der Waals surface area contributed by atoms with Crippen LogP contribution in [0.5, 0.6) is 0 Å². The Balaban J connectivity index is 1.74. The molecule has 10 heteroatoms. The lowest BCUT2D eigenvalue weighted by Gasteiger charge is -2.15. The highest BCUT2D eigenvalue weighted by molar-refractivity contribution is 6.16. The minimum atomic E-state index is -4.69. The first kappa shape index (κ1) is 20.1. The second-order valence-electron chi connectivity index (χ2n) is 5.99. The van der Waals surface area contributed by atoms with Crippen LogP contribution in [0.2, 0.25) is 0 Å². The number of anilines is 1. The molecule has 29 heavy (non-hydrogen) atoms. The maximum absolute atomic E-state index is 13.7. The largest absolute Gasteiger partial charge is 0.418 e. The van der Waals surface area contributed by atoms with Crippen molar-refractivity contribution in [3.05, 3.63) is 71.2 Å². The summed E-state index contributed by atoms with van der Waals surface area (Å²) in [5.41, 5.74) is -1.78. The summed E-state index contributed by atoms with van der Waals surface area (Å²) in [7, 11) is 0. The van der Waals surface area contributed by atoms with Crippen LogP contribution in [0.4, 0.5) is 28.0 Å². The SMILES string of the molecule is O=C(CN1C(=O)N/C(=C\c2ccccc2F)C1=O)Nc1ccccc1C(F)(F)F. The summed E-state index contributed by atoms with van der Waals surface area (Å²) < 4.78 is 52.7. The summed E-state index contributed by atoms with van der Waals surface area (Å²) in [4.78, 5) is 37.0. The number of imide groups is 1. The van der Waals surface area contributed by atoms with E-state index >= 15 is 0 Å². The number of hydrogen-bond acceptors (Lipinski definition) is 3. The van der Waals surface area contributed by atoms with E-state index in [-0.39, 0.29) is 11.3 Å². The molecule has 0 aromatic heterocycles. The zero-order valence-electron chi connectivity index (χ0n) is 14.6. The van der Waals surface area contributed by atoms with Crippen LogP contribution in [-0.4, -0.2) is 29.3 Å². The fraction of sp³-hybridized carbons (Fsp3) is 0.105. The van der Waals surface area contributed by atoms with E-state index in [2.05, 4.69) is 5.32 Å². The smallest absolute Gasteiger partial charge is 0.324 e. The van der Waals surface area contributed by atoms with Crippen molar-refractivity contribution in [1.29, 1.82) is 0 Å². The first-order valence-corrected chi connectivity index (χ1v) is 8.22. The van der Waals surface area contributed by atoms with Crippen molar-refractivity contribution in [3.63, 3.8) is 0 Å². The number of benzene rings is 2. The Labute approximate surface area is 161 Å². The number of carbonyl (C=O) groups excluding carboxylic acids is 3. The molecule has 0 aliphatic carbocycles. The van der Waals surface area contributed by atoms with Gasteiger partial charge in [0.1, 0.15) is 18.1 Å². The molecule has 6 nitrogen and oxygen atoms in total. The molecule has 1 aliphatic rings. The number of nitrogens with zero attached hydrogens (tertiary/aromatic N) is 1. The van der Waals surface area contributed by atoms with Gasteiger partial charge in [0.2, 0.25) is 5.91 Å². The second-order valence-corrected chi connectivity index (χ2v) is 5.99. The maximum Gasteiger partial charge on any atom is 0.418 e. The molecule has 0 spiro atoms. The van der Waals surface area contributed by atoms with Gasteiger partial charge in [-0.1, -0.05) is 30.3 Å². The van der Waals surface area contributed by atoms with E-state index in [1.54, 1.807) is 0 Å². The molecule has 1 fully saturated rings. The van der Waals surface area contributed by atoms with Crippen molar-refractivity contribution in [2.24, 2.45) is 0 Å². The third kappa shape index (κ3) is 4.42. The van der Waals surface area contributed by atoms with E-state index in [0.717, 1.165) is 30.3 Å². The van der Waals surface area contributed by atoms with Gasteiger partial charge < -0.3 is 10.6 Å². The Morgan fingerprint density at radius 3 is 2.41 bits per heavy atom. The molecular weight excluding hydrogens is 394 g/mol. The number of carbonyl (C=O) groups is 3. The summed E-state index contributed by atoms with van der Waals surface area (Å²) in [5, 5.41) is 4.25. The van der Waals surface area contributed by atoms with Gasteiger partial charge in [-0.25, -0.2) is 14.1 Å². The molecule has 150 valence electrons. The molecule has 4 amide bonds. The fourth-order valence-corrected chi connectivity index (χ4v) is 2.64. The molecule has 1 aliphatic heterocycles. The van der Waals surface area contributed by atoms with Crippen molar-refractivity contribution in [1.82, 2.24) is 10.2 Å². The van der Waals surface area contributed by atoms with Crippen LogP contribution < -0.4 is 10.6 Å². The second kappa shape index (κ2) is 7.74. The summed E-state index contributed by atoms with van der Waals surface area (Å²) >= 11 is 0. The molecule has 2 aromatic rings. The van der Waals surface area contributed by atoms with Gasteiger partial charge in [-0.15, -0.1) is 0 Å². The van der Waals surface area contributed by atoms with Crippen LogP contribution in [0.1, 0.15) is 11.1 Å². The van der Waals surface area contributed by atoms with E-state index in [4.69, 9.17) is 0 Å². The number of nitrogens with one attached hydrogen (secondary N) is 2. The van der Waals surface area contributed by atoms with Crippen LogP contribution in [-0.2, 0) is 15.8 Å². The van der Waals surface area contributed by atoms with Crippen molar-refractivity contribution < 1.29 is 31.9 Å². The summed E-state index contributed by atoms with van der Waals surface area (Å²) in [6, 6.07) is 8.87. The molecule has 2 N–H and O–H groups in total. The number of hydrogen-bond donors (Lipinski definition) is 2.